The number of aromatic hydroxyl groups is 2. The number of phenols is 2. The Balaban J connectivity index is -0.000000137. The van der Waals surface area contributed by atoms with Crippen LogP contribution >= 0.6 is 0 Å². The number of aromatic carboxylic acids is 12. The monoisotopic (exact) mass is 1890 g/mol. The van der Waals surface area contributed by atoms with Crippen molar-refractivity contribution in [2.75, 3.05) is 0 Å². The average molecular weight is 1890 g/mol. The Bertz CT molecular complexity index is 3420. The molecule has 0 saturated heterocycles. The zero-order valence-electron chi connectivity index (χ0n) is 63.6. The summed E-state index contributed by atoms with van der Waals surface area (Å²) in [6.45, 7) is 32.6. The zero-order chi connectivity index (χ0) is 80.3. The minimum Gasteiger partial charge on any atom is -0.871 e. The molecule has 6 rings (SSSR count). The summed E-state index contributed by atoms with van der Waals surface area (Å²) in [5.74, 6) is -22.7. The third-order valence-corrected chi connectivity index (χ3v) is 14.5. The van der Waals surface area contributed by atoms with Crippen molar-refractivity contribution in [2.24, 2.45) is 0 Å². The molecule has 0 atom stereocenters. The molecule has 0 saturated carbocycles. The van der Waals surface area contributed by atoms with Gasteiger partial charge in [-0.1, -0.05) is 148 Å². The van der Waals surface area contributed by atoms with Gasteiger partial charge in [0.2, 0.25) is 0 Å². The van der Waals surface area contributed by atoms with Crippen LogP contribution in [0.4, 0.5) is 0 Å². The Labute approximate surface area is 701 Å². The number of carbonyl (C=O) groups excluding carboxylic acids is 2. The summed E-state index contributed by atoms with van der Waals surface area (Å²) in [5, 5.41) is 176. The first-order valence-electron chi connectivity index (χ1n) is 29.8. The van der Waals surface area contributed by atoms with Crippen LogP contribution in [-0.4, -0.2) is 155 Å². The van der Waals surface area contributed by atoms with E-state index in [1.54, 1.807) is 0 Å². The van der Waals surface area contributed by atoms with Crippen molar-refractivity contribution in [3.05, 3.63) is 173 Å². The van der Waals surface area contributed by atoms with Crippen LogP contribution in [0.5, 0.6) is 34.5 Å². The van der Waals surface area contributed by atoms with Gasteiger partial charge in [-0.3, -0.25) is 0 Å². The van der Waals surface area contributed by atoms with Crippen LogP contribution in [0.25, 0.3) is 0 Å². The first-order valence-corrected chi connectivity index (χ1v) is 29.8. The quantitative estimate of drug-likeness (QED) is 0.0735. The van der Waals surface area contributed by atoms with Crippen molar-refractivity contribution in [1.82, 2.24) is 0 Å². The van der Waals surface area contributed by atoms with Crippen LogP contribution in [0.1, 0.15) is 282 Å². The van der Waals surface area contributed by atoms with Crippen LogP contribution < -0.4 is 30.6 Å². The van der Waals surface area contributed by atoms with Gasteiger partial charge in [0.05, 0.1) is 56.4 Å². The standard InChI is InChI=1S/6C12H14O5.8H2O.2Tb/c6*1-12(2,3)6-4-7(10(14)15)9(13)8(5-6)11(16)17;;;;;;;;;;/h6*4-5,13H,1-3H3,(H,14,15)(H,16,17);8*1H2;;/q;;;;;;;;;;;;;;2*+3/p-2. The predicted molar refractivity (Wildman–Crippen MR) is 384 cm³/mol. The third kappa shape index (κ3) is 33.9. The van der Waals surface area contributed by atoms with Crippen molar-refractivity contribution in [3.63, 3.8) is 0 Å². The Kier molecular flexibility index (Phi) is 52.0. The first-order chi connectivity index (χ1) is 45.9. The van der Waals surface area contributed by atoms with E-state index in [1.165, 1.54) is 72.8 Å². The topological polar surface area (TPSA) is 844 Å². The summed E-state index contributed by atoms with van der Waals surface area (Å²) >= 11 is 0. The van der Waals surface area contributed by atoms with Crippen LogP contribution in [-0.2, 0) is 54.4 Å². The molecule has 628 valence electrons. The minimum absolute atomic E-state index is 0. The van der Waals surface area contributed by atoms with E-state index in [1.807, 2.05) is 125 Å². The summed E-state index contributed by atoms with van der Waals surface area (Å²) in [4.78, 5) is 130. The third-order valence-electron chi connectivity index (χ3n) is 14.5. The van der Waals surface area contributed by atoms with Gasteiger partial charge in [0.1, 0.15) is 22.6 Å². The molecule has 40 heteroatoms. The van der Waals surface area contributed by atoms with E-state index in [2.05, 4.69) is 0 Å². The van der Waals surface area contributed by atoms with Gasteiger partial charge < -0.3 is 145 Å². The molecule has 0 amide bonds. The van der Waals surface area contributed by atoms with Gasteiger partial charge >= 0.3 is 137 Å². The molecule has 6 aromatic carbocycles. The number of carboxylic acid groups (broad SMARTS) is 12. The number of hydrogen-bond acceptors (Lipinski definition) is 20. The fourth-order valence-electron chi connectivity index (χ4n) is 8.29. The molecule has 0 unspecified atom stereocenters. The smallest absolute Gasteiger partial charge is 0.871 e. The van der Waals surface area contributed by atoms with E-state index in [0.717, 1.165) is 0 Å². The summed E-state index contributed by atoms with van der Waals surface area (Å²) in [6, 6.07) is 14.9. The number of carbonyl (C=O) groups is 12. The number of carboxylic acids is 12. The molecule has 0 aliphatic rings. The van der Waals surface area contributed by atoms with Gasteiger partial charge in [-0.2, -0.15) is 0 Å². The van der Waals surface area contributed by atoms with Gasteiger partial charge in [-0.05, 0) is 139 Å². The largest absolute Gasteiger partial charge is 3.00 e. The molecule has 112 heavy (non-hydrogen) atoms. The van der Waals surface area contributed by atoms with Gasteiger partial charge in [0.15, 0.2) is 0 Å². The maximum Gasteiger partial charge on any atom is 3.00 e. The second kappa shape index (κ2) is 47.4. The van der Waals surface area contributed by atoms with Crippen molar-refractivity contribution in [2.45, 2.75) is 157 Å². The molecule has 0 spiro atoms. The molecule has 0 heterocycles. The van der Waals surface area contributed by atoms with E-state index in [4.69, 9.17) is 51.1 Å². The van der Waals surface area contributed by atoms with E-state index < -0.39 is 205 Å². The normalized spacial score (nSPS) is 10.2. The molecule has 0 aliphatic heterocycles. The maximum atomic E-state index is 11.6. The Morgan fingerprint density at radius 3 is 0.393 bits per heavy atom. The number of hydrogen-bond donors (Lipinski definition) is 12. The first kappa shape index (κ1) is 123. The summed E-state index contributed by atoms with van der Waals surface area (Å²) < 4.78 is 0. The summed E-state index contributed by atoms with van der Waals surface area (Å²) in [7, 11) is 0. The molecule has 0 aliphatic carbocycles. The average Bonchev–Trinajstić information content (AvgIpc) is 0.837. The van der Waals surface area contributed by atoms with Gasteiger partial charge in [0, 0.05) is 11.1 Å². The van der Waals surface area contributed by atoms with Crippen LogP contribution in [0.2, 0.25) is 0 Å². The summed E-state index contributed by atoms with van der Waals surface area (Å²) in [6.07, 6.45) is 0. The fourth-order valence-corrected chi connectivity index (χ4v) is 8.29. The molecule has 38 nitrogen and oxygen atoms in total. The second-order valence-electron chi connectivity index (χ2n) is 28.6. The van der Waals surface area contributed by atoms with E-state index in [9.17, 15) is 98.4 Å². The van der Waals surface area contributed by atoms with Gasteiger partial charge in [-0.15, -0.1) is 0 Å². The number of benzene rings is 6. The second-order valence-corrected chi connectivity index (χ2v) is 28.6. The maximum absolute atomic E-state index is 11.6. The molecular formula is C72H98O38Tb2+4. The fraction of sp³-hybridized carbons (Fsp3) is 0.333. The molecule has 0 aromatic heterocycles. The van der Waals surface area contributed by atoms with Crippen LogP contribution in [0, 0.1) is 77.2 Å². The predicted octanol–water partition coefficient (Wildman–Crippen LogP) is 0.333. The van der Waals surface area contributed by atoms with Gasteiger partial charge in [-0.25, -0.2) is 47.9 Å². The molecule has 32 N–H and O–H groups in total. The van der Waals surface area contributed by atoms with Crippen LogP contribution in [0.15, 0.2) is 72.8 Å². The Hall–Kier alpha value is -9.99. The van der Waals surface area contributed by atoms with Gasteiger partial charge in [0.25, 0.3) is 0 Å². The zero-order valence-corrected chi connectivity index (χ0v) is 67.9. The Morgan fingerprint density at radius 1 is 0.223 bits per heavy atom. The van der Waals surface area contributed by atoms with Crippen molar-refractivity contribution >= 4 is 71.6 Å². The molecule has 0 radical (unpaired) electrons. The van der Waals surface area contributed by atoms with Crippen molar-refractivity contribution in [1.29, 1.82) is 0 Å². The van der Waals surface area contributed by atoms with Crippen molar-refractivity contribution in [3.8, 4) is 34.5 Å². The summed E-state index contributed by atoms with van der Waals surface area (Å²) in [5.41, 5.74) is -5.45. The molecule has 0 bridgehead atoms. The SMILES string of the molecule is CC(C)(C)c1cc(C(=O)O)c([O-])c(C(=O)O)c1.CC(C)(C)c1cc(C(=O)O)c([O-])c(C(=O)O)c1.CC(C)(C)c1cc(C(=O)O)c([O-])c(C(=O)O)c1.CC(C)(C)c1cc(C(=O)O)c([O-])c(C(=O)O)c1.CC(C)(C)c1cc(C(=O)[O-])c(O)c(C(=O)O)c1.CC(C)(C)c1cc(C(=O)[O-])c(O)c(C(=O)O)c1.O.O.O.O.[OH3+].[OH3+].[OH3+].[OH3+].[Tb+3].[Tb+3]. The van der Waals surface area contributed by atoms with Crippen molar-refractivity contribution < 1.29 is 270 Å². The van der Waals surface area contributed by atoms with Crippen LogP contribution in [0.3, 0.4) is 0 Å². The Morgan fingerprint density at radius 2 is 0.312 bits per heavy atom. The van der Waals surface area contributed by atoms with E-state index >= 15 is 0 Å². The molecule has 6 aromatic rings. The van der Waals surface area contributed by atoms with E-state index in [0.29, 0.717) is 33.4 Å². The number of rotatable bonds is 12. The van der Waals surface area contributed by atoms with E-state index in [-0.39, 0.29) is 121 Å². The minimum atomic E-state index is -1.60. The molecule has 0 fully saturated rings. The molecular weight excluding hydrogens is 1790 g/mol.